The Hall–Kier alpha value is -2.09. The highest BCUT2D eigenvalue weighted by Gasteiger charge is 2.17. The summed E-state index contributed by atoms with van der Waals surface area (Å²) in [6, 6.07) is 12.5. The lowest BCUT2D eigenvalue weighted by Gasteiger charge is -2.16. The Balaban J connectivity index is 2.03. The number of methoxy groups -OCH3 is 1. The van der Waals surface area contributed by atoms with Gasteiger partial charge >= 0.3 is 0 Å². The maximum absolute atomic E-state index is 11.9. The molecule has 0 fully saturated rings. The van der Waals surface area contributed by atoms with Gasteiger partial charge in [-0.05, 0) is 53.6 Å². The van der Waals surface area contributed by atoms with E-state index in [0.29, 0.717) is 6.42 Å². The van der Waals surface area contributed by atoms with E-state index < -0.39 is 0 Å². The van der Waals surface area contributed by atoms with Crippen molar-refractivity contribution in [2.24, 2.45) is 0 Å². The highest BCUT2D eigenvalue weighted by molar-refractivity contribution is 5.99. The van der Waals surface area contributed by atoms with Crippen molar-refractivity contribution in [3.63, 3.8) is 0 Å². The Bertz CT molecular complexity index is 686. The number of aryl methyl sites for hydroxylation is 2. The molecule has 0 aliphatic heterocycles. The van der Waals surface area contributed by atoms with Crippen LogP contribution in [-0.2, 0) is 12.8 Å². The van der Waals surface area contributed by atoms with Crippen molar-refractivity contribution >= 4 is 5.78 Å². The van der Waals surface area contributed by atoms with Gasteiger partial charge in [-0.15, -0.1) is 0 Å². The van der Waals surface area contributed by atoms with Crippen molar-refractivity contribution in [2.45, 2.75) is 32.6 Å². The molecule has 3 rings (SSSR count). The molecule has 0 unspecified atom stereocenters. The lowest BCUT2D eigenvalue weighted by atomic mass is 9.88. The Morgan fingerprint density at radius 1 is 1.05 bits per heavy atom. The van der Waals surface area contributed by atoms with Crippen LogP contribution >= 0.6 is 0 Å². The summed E-state index contributed by atoms with van der Waals surface area (Å²) in [6.07, 6.45) is 3.61. The van der Waals surface area contributed by atoms with E-state index in [9.17, 15) is 4.79 Å². The average Bonchev–Trinajstić information content (AvgIpc) is 2.54. The summed E-state index contributed by atoms with van der Waals surface area (Å²) in [5.74, 6) is 1.22. The molecule has 0 bridgehead atoms. The molecule has 2 aromatic rings. The maximum atomic E-state index is 11.9. The Morgan fingerprint density at radius 3 is 2.57 bits per heavy atom. The van der Waals surface area contributed by atoms with Gasteiger partial charge in [0.05, 0.1) is 7.11 Å². The molecule has 0 amide bonds. The molecular weight excluding hydrogens is 260 g/mol. The van der Waals surface area contributed by atoms with Crippen LogP contribution in [0.15, 0.2) is 36.4 Å². The predicted molar refractivity (Wildman–Crippen MR) is 85.1 cm³/mol. The van der Waals surface area contributed by atoms with Crippen LogP contribution in [0.1, 0.15) is 41.3 Å². The maximum Gasteiger partial charge on any atom is 0.163 e. The molecular formula is C19H20O2. The van der Waals surface area contributed by atoms with Gasteiger partial charge in [0.1, 0.15) is 5.75 Å². The first-order valence-corrected chi connectivity index (χ1v) is 7.56. The molecule has 1 aliphatic rings. The van der Waals surface area contributed by atoms with Gasteiger partial charge in [-0.3, -0.25) is 4.79 Å². The second-order valence-corrected chi connectivity index (χ2v) is 5.53. The predicted octanol–water partition coefficient (Wildman–Crippen LogP) is 4.44. The van der Waals surface area contributed by atoms with Crippen molar-refractivity contribution < 1.29 is 9.53 Å². The number of Topliss-reactive ketones (excluding diaryl/α,β-unsaturated/α-hetero) is 1. The summed E-state index contributed by atoms with van der Waals surface area (Å²) in [7, 11) is 1.71. The molecule has 0 saturated heterocycles. The minimum absolute atomic E-state index is 0.284. The van der Waals surface area contributed by atoms with Crippen LogP contribution in [0.4, 0.5) is 0 Å². The van der Waals surface area contributed by atoms with Gasteiger partial charge in [0.15, 0.2) is 5.78 Å². The van der Waals surface area contributed by atoms with E-state index in [0.717, 1.165) is 30.6 Å². The van der Waals surface area contributed by atoms with Crippen LogP contribution in [0.2, 0.25) is 0 Å². The first-order valence-electron chi connectivity index (χ1n) is 7.56. The SMILES string of the molecule is CCc1cc(-c2ccc3c(c2)CCCC3=O)ccc1OC. The van der Waals surface area contributed by atoms with Gasteiger partial charge in [-0.25, -0.2) is 0 Å². The largest absolute Gasteiger partial charge is 0.496 e. The van der Waals surface area contributed by atoms with Crippen LogP contribution in [0, 0.1) is 0 Å². The summed E-state index contributed by atoms with van der Waals surface area (Å²) < 4.78 is 5.39. The number of ketones is 1. The van der Waals surface area contributed by atoms with Crippen molar-refractivity contribution in [1.82, 2.24) is 0 Å². The van der Waals surface area contributed by atoms with Crippen molar-refractivity contribution in [1.29, 1.82) is 0 Å². The second kappa shape index (κ2) is 5.72. The zero-order valence-electron chi connectivity index (χ0n) is 12.6. The molecule has 0 aromatic heterocycles. The highest BCUT2D eigenvalue weighted by Crippen LogP contribution is 2.30. The fraction of sp³-hybridized carbons (Fsp3) is 0.316. The molecule has 0 heterocycles. The molecule has 108 valence electrons. The standard InChI is InChI=1S/C19H20O2/c1-3-13-11-15(8-10-19(13)21-2)14-7-9-17-16(12-14)5-4-6-18(17)20/h7-12H,3-6H2,1-2H3. The Labute approximate surface area is 125 Å². The van der Waals surface area contributed by atoms with Gasteiger partial charge in [0.25, 0.3) is 0 Å². The van der Waals surface area contributed by atoms with Gasteiger partial charge in [-0.2, -0.15) is 0 Å². The third kappa shape index (κ3) is 2.58. The quantitative estimate of drug-likeness (QED) is 0.830. The molecule has 1 aliphatic carbocycles. The number of carbonyl (C=O) groups excluding carboxylic acids is 1. The zero-order chi connectivity index (χ0) is 14.8. The van der Waals surface area contributed by atoms with Crippen LogP contribution in [0.3, 0.4) is 0 Å². The number of benzene rings is 2. The summed E-state index contributed by atoms with van der Waals surface area (Å²) in [5, 5.41) is 0. The molecule has 0 atom stereocenters. The average molecular weight is 280 g/mol. The monoisotopic (exact) mass is 280 g/mol. The van der Waals surface area contributed by atoms with Gasteiger partial charge < -0.3 is 4.74 Å². The van der Waals surface area contributed by atoms with Crippen LogP contribution in [0.5, 0.6) is 5.75 Å². The molecule has 0 radical (unpaired) electrons. The number of rotatable bonds is 3. The topological polar surface area (TPSA) is 26.3 Å². The third-order valence-corrected chi connectivity index (χ3v) is 4.25. The molecule has 2 heteroatoms. The van der Waals surface area contributed by atoms with Gasteiger partial charge in [-0.1, -0.05) is 31.2 Å². The van der Waals surface area contributed by atoms with E-state index in [-0.39, 0.29) is 5.78 Å². The summed E-state index contributed by atoms with van der Waals surface area (Å²) in [6.45, 7) is 2.13. The number of carbonyl (C=O) groups is 1. The molecule has 2 aromatic carbocycles. The first kappa shape index (κ1) is 13.9. The minimum Gasteiger partial charge on any atom is -0.496 e. The molecule has 0 saturated carbocycles. The van der Waals surface area contributed by atoms with E-state index >= 15 is 0 Å². The molecule has 2 nitrogen and oxygen atoms in total. The van der Waals surface area contributed by atoms with Crippen LogP contribution in [-0.4, -0.2) is 12.9 Å². The number of ether oxygens (including phenoxy) is 1. The lowest BCUT2D eigenvalue weighted by Crippen LogP contribution is -2.10. The van der Waals surface area contributed by atoms with Crippen molar-refractivity contribution in [3.05, 3.63) is 53.1 Å². The first-order chi connectivity index (χ1) is 10.2. The van der Waals surface area contributed by atoms with E-state index in [4.69, 9.17) is 4.74 Å². The summed E-state index contributed by atoms with van der Waals surface area (Å²) in [4.78, 5) is 11.9. The fourth-order valence-electron chi connectivity index (χ4n) is 3.06. The van der Waals surface area contributed by atoms with Crippen molar-refractivity contribution in [3.8, 4) is 16.9 Å². The van der Waals surface area contributed by atoms with E-state index in [1.54, 1.807) is 7.11 Å². The smallest absolute Gasteiger partial charge is 0.163 e. The number of hydrogen-bond acceptors (Lipinski definition) is 2. The zero-order valence-corrected chi connectivity index (χ0v) is 12.6. The third-order valence-electron chi connectivity index (χ3n) is 4.25. The number of hydrogen-bond donors (Lipinski definition) is 0. The molecule has 0 spiro atoms. The van der Waals surface area contributed by atoms with Crippen LogP contribution in [0.25, 0.3) is 11.1 Å². The Kier molecular flexibility index (Phi) is 3.78. The van der Waals surface area contributed by atoms with E-state index in [1.807, 2.05) is 12.1 Å². The van der Waals surface area contributed by atoms with Crippen molar-refractivity contribution in [2.75, 3.05) is 7.11 Å². The van der Waals surface area contributed by atoms with Gasteiger partial charge in [0.2, 0.25) is 0 Å². The Morgan fingerprint density at radius 2 is 1.81 bits per heavy atom. The van der Waals surface area contributed by atoms with Crippen LogP contribution < -0.4 is 4.74 Å². The molecule has 21 heavy (non-hydrogen) atoms. The lowest BCUT2D eigenvalue weighted by molar-refractivity contribution is 0.0972. The summed E-state index contributed by atoms with van der Waals surface area (Å²) >= 11 is 0. The van der Waals surface area contributed by atoms with E-state index in [2.05, 4.69) is 31.2 Å². The van der Waals surface area contributed by atoms with Gasteiger partial charge in [0, 0.05) is 12.0 Å². The second-order valence-electron chi connectivity index (χ2n) is 5.53. The normalized spacial score (nSPS) is 13.9. The molecule has 0 N–H and O–H groups in total. The van der Waals surface area contributed by atoms with E-state index in [1.165, 1.54) is 22.3 Å². The fourth-order valence-corrected chi connectivity index (χ4v) is 3.06. The summed E-state index contributed by atoms with van der Waals surface area (Å²) in [5.41, 5.74) is 5.69. The minimum atomic E-state index is 0.284. The highest BCUT2D eigenvalue weighted by atomic mass is 16.5. The number of fused-ring (bicyclic) bond motifs is 1.